The van der Waals surface area contributed by atoms with E-state index in [4.69, 9.17) is 9.47 Å². The van der Waals surface area contributed by atoms with Gasteiger partial charge in [-0.25, -0.2) is 0 Å². The van der Waals surface area contributed by atoms with Crippen molar-refractivity contribution < 1.29 is 19.4 Å². The van der Waals surface area contributed by atoms with Crippen LogP contribution in [-0.4, -0.2) is 24.3 Å². The molecule has 5 nitrogen and oxygen atoms in total. The van der Waals surface area contributed by atoms with Crippen LogP contribution in [0.25, 0.3) is 0 Å². The summed E-state index contributed by atoms with van der Waals surface area (Å²) >= 11 is 0. The van der Waals surface area contributed by atoms with Crippen LogP contribution in [0.1, 0.15) is 37.4 Å². The molecule has 0 bridgehead atoms. The Kier molecular flexibility index (Phi) is 7.29. The monoisotopic (exact) mass is 343 g/mol. The van der Waals surface area contributed by atoms with E-state index in [0.717, 1.165) is 17.5 Å². The Morgan fingerprint density at radius 3 is 2.48 bits per heavy atom. The summed E-state index contributed by atoms with van der Waals surface area (Å²) < 4.78 is 11.3. The van der Waals surface area contributed by atoms with Crippen LogP contribution in [0.3, 0.4) is 0 Å². The lowest BCUT2D eigenvalue weighted by molar-refractivity contribution is -0.139. The van der Waals surface area contributed by atoms with Crippen molar-refractivity contribution in [2.45, 2.75) is 32.9 Å². The number of hydrogen-bond acceptors (Lipinski definition) is 4. The summed E-state index contributed by atoms with van der Waals surface area (Å²) in [5.74, 6) is 0.492. The molecular weight excluding hydrogens is 318 g/mol. The summed E-state index contributed by atoms with van der Waals surface area (Å²) in [6.45, 7) is 5.56. The number of ether oxygens (including phenoxy) is 2. The van der Waals surface area contributed by atoms with Crippen molar-refractivity contribution in [3.63, 3.8) is 0 Å². The molecule has 25 heavy (non-hydrogen) atoms. The van der Waals surface area contributed by atoms with Gasteiger partial charge in [-0.15, -0.1) is 0 Å². The van der Waals surface area contributed by atoms with Gasteiger partial charge in [0.2, 0.25) is 0 Å². The first-order valence-electron chi connectivity index (χ1n) is 8.55. The highest BCUT2D eigenvalue weighted by atomic mass is 16.5. The summed E-state index contributed by atoms with van der Waals surface area (Å²) in [7, 11) is 0. The third-order valence-corrected chi connectivity index (χ3v) is 3.66. The Morgan fingerprint density at radius 2 is 1.84 bits per heavy atom. The van der Waals surface area contributed by atoms with Gasteiger partial charge in [-0.05, 0) is 36.6 Å². The first-order chi connectivity index (χ1) is 12.2. The molecule has 0 heterocycles. The van der Waals surface area contributed by atoms with Gasteiger partial charge in [0, 0.05) is 6.54 Å². The van der Waals surface area contributed by atoms with Crippen molar-refractivity contribution in [3.8, 4) is 11.5 Å². The fraction of sp³-hybridized carbons (Fsp3) is 0.350. The molecule has 0 aliphatic carbocycles. The molecule has 5 heteroatoms. The van der Waals surface area contributed by atoms with E-state index >= 15 is 0 Å². The van der Waals surface area contributed by atoms with Gasteiger partial charge in [0.1, 0.15) is 6.04 Å². The SMILES string of the molecule is CCCOc1ccc(CN[C@@H](C(=O)O)c2ccccc2)cc1OCC. The van der Waals surface area contributed by atoms with Gasteiger partial charge in [0.25, 0.3) is 0 Å². The Labute approximate surface area is 148 Å². The summed E-state index contributed by atoms with van der Waals surface area (Å²) in [5, 5.41) is 12.6. The molecular formula is C20H25NO4. The second-order valence-electron chi connectivity index (χ2n) is 5.63. The lowest BCUT2D eigenvalue weighted by atomic mass is 10.1. The van der Waals surface area contributed by atoms with Gasteiger partial charge in [0.15, 0.2) is 11.5 Å². The van der Waals surface area contributed by atoms with E-state index in [2.05, 4.69) is 5.32 Å². The van der Waals surface area contributed by atoms with Crippen LogP contribution in [0, 0.1) is 0 Å². The van der Waals surface area contributed by atoms with Crippen molar-refractivity contribution in [2.24, 2.45) is 0 Å². The minimum absolute atomic E-state index is 0.417. The standard InChI is InChI=1S/C20H25NO4/c1-3-12-25-17-11-10-15(13-18(17)24-4-2)14-21-19(20(22)23)16-8-6-5-7-9-16/h5-11,13,19,21H,3-4,12,14H2,1-2H3,(H,22,23)/t19-/m1/s1. The van der Waals surface area contributed by atoms with Crippen molar-refractivity contribution in [3.05, 3.63) is 59.7 Å². The molecule has 0 saturated carbocycles. The van der Waals surface area contributed by atoms with Gasteiger partial charge in [-0.1, -0.05) is 43.3 Å². The van der Waals surface area contributed by atoms with Crippen LogP contribution >= 0.6 is 0 Å². The molecule has 0 radical (unpaired) electrons. The Hall–Kier alpha value is -2.53. The molecule has 0 unspecified atom stereocenters. The van der Waals surface area contributed by atoms with Crippen molar-refractivity contribution in [1.29, 1.82) is 0 Å². The number of aliphatic carboxylic acids is 1. The summed E-state index contributed by atoms with van der Waals surface area (Å²) in [5.41, 5.74) is 1.66. The molecule has 134 valence electrons. The smallest absolute Gasteiger partial charge is 0.325 e. The van der Waals surface area contributed by atoms with Crippen LogP contribution in [0.5, 0.6) is 11.5 Å². The first kappa shape index (κ1) is 18.8. The molecule has 0 aliphatic rings. The number of carbonyl (C=O) groups is 1. The third-order valence-electron chi connectivity index (χ3n) is 3.66. The molecule has 0 fully saturated rings. The zero-order valence-electron chi connectivity index (χ0n) is 14.7. The normalized spacial score (nSPS) is 11.8. The maximum absolute atomic E-state index is 11.6. The Balaban J connectivity index is 2.10. The molecule has 0 spiro atoms. The van der Waals surface area contributed by atoms with Crippen LogP contribution < -0.4 is 14.8 Å². The van der Waals surface area contributed by atoms with E-state index in [1.165, 1.54) is 0 Å². The van der Waals surface area contributed by atoms with E-state index in [1.54, 1.807) is 12.1 Å². The Morgan fingerprint density at radius 1 is 1.08 bits per heavy atom. The molecule has 0 aliphatic heterocycles. The zero-order valence-corrected chi connectivity index (χ0v) is 14.7. The largest absolute Gasteiger partial charge is 0.490 e. The van der Waals surface area contributed by atoms with E-state index in [1.807, 2.05) is 50.2 Å². The maximum Gasteiger partial charge on any atom is 0.325 e. The first-order valence-corrected chi connectivity index (χ1v) is 8.55. The van der Waals surface area contributed by atoms with E-state index in [-0.39, 0.29) is 0 Å². The molecule has 2 aromatic carbocycles. The minimum atomic E-state index is -0.904. The van der Waals surface area contributed by atoms with Crippen molar-refractivity contribution in [2.75, 3.05) is 13.2 Å². The second kappa shape index (κ2) is 9.69. The number of benzene rings is 2. The zero-order chi connectivity index (χ0) is 18.1. The average molecular weight is 343 g/mol. The third kappa shape index (κ3) is 5.50. The highest BCUT2D eigenvalue weighted by Crippen LogP contribution is 2.29. The lowest BCUT2D eigenvalue weighted by Crippen LogP contribution is -2.28. The number of nitrogens with one attached hydrogen (secondary N) is 1. The summed E-state index contributed by atoms with van der Waals surface area (Å²) in [6, 6.07) is 14.1. The van der Waals surface area contributed by atoms with Crippen LogP contribution in [0.15, 0.2) is 48.5 Å². The molecule has 0 saturated heterocycles. The van der Waals surface area contributed by atoms with Gasteiger partial charge in [0.05, 0.1) is 13.2 Å². The average Bonchev–Trinajstić information content (AvgIpc) is 2.62. The highest BCUT2D eigenvalue weighted by molar-refractivity contribution is 5.75. The molecule has 0 aromatic heterocycles. The molecule has 2 N–H and O–H groups in total. The van der Waals surface area contributed by atoms with Crippen LogP contribution in [0.4, 0.5) is 0 Å². The number of carboxylic acid groups (broad SMARTS) is 1. The molecule has 2 rings (SSSR count). The fourth-order valence-electron chi connectivity index (χ4n) is 2.48. The van der Waals surface area contributed by atoms with Crippen LogP contribution in [0.2, 0.25) is 0 Å². The van der Waals surface area contributed by atoms with Crippen molar-refractivity contribution in [1.82, 2.24) is 5.32 Å². The van der Waals surface area contributed by atoms with Gasteiger partial charge < -0.3 is 14.6 Å². The van der Waals surface area contributed by atoms with E-state index in [0.29, 0.717) is 31.3 Å². The van der Waals surface area contributed by atoms with Gasteiger partial charge in [-0.2, -0.15) is 0 Å². The topological polar surface area (TPSA) is 67.8 Å². The maximum atomic E-state index is 11.6. The van der Waals surface area contributed by atoms with Gasteiger partial charge >= 0.3 is 5.97 Å². The second-order valence-corrected chi connectivity index (χ2v) is 5.63. The quantitative estimate of drug-likeness (QED) is 0.687. The van der Waals surface area contributed by atoms with E-state index < -0.39 is 12.0 Å². The Bertz CT molecular complexity index is 673. The fourth-order valence-corrected chi connectivity index (χ4v) is 2.48. The van der Waals surface area contributed by atoms with Crippen molar-refractivity contribution >= 4 is 5.97 Å². The van der Waals surface area contributed by atoms with E-state index in [9.17, 15) is 9.90 Å². The predicted octanol–water partition coefficient (Wildman–Crippen LogP) is 3.79. The number of hydrogen-bond donors (Lipinski definition) is 2. The minimum Gasteiger partial charge on any atom is -0.490 e. The predicted molar refractivity (Wildman–Crippen MR) is 97.1 cm³/mol. The summed E-state index contributed by atoms with van der Waals surface area (Å²) in [6.07, 6.45) is 0.923. The molecule has 1 atom stereocenters. The summed E-state index contributed by atoms with van der Waals surface area (Å²) in [4.78, 5) is 11.6. The van der Waals surface area contributed by atoms with Crippen LogP contribution in [-0.2, 0) is 11.3 Å². The highest BCUT2D eigenvalue weighted by Gasteiger charge is 2.19. The number of rotatable bonds is 10. The van der Waals surface area contributed by atoms with Gasteiger partial charge in [-0.3, -0.25) is 10.1 Å². The lowest BCUT2D eigenvalue weighted by Gasteiger charge is -2.16. The molecule has 2 aromatic rings. The number of carboxylic acids is 1. The molecule has 0 amide bonds.